The van der Waals surface area contributed by atoms with Gasteiger partial charge in [-0.3, -0.25) is 14.6 Å². The molecular weight excluding hydrogens is 414 g/mol. The molecule has 4 bridgehead atoms. The third kappa shape index (κ3) is 4.46. The zero-order chi connectivity index (χ0) is 23.0. The number of carbonyl (C=O) groups excluding carboxylic acids is 2. The monoisotopic (exact) mass is 445 g/mol. The van der Waals surface area contributed by atoms with Crippen molar-refractivity contribution in [3.05, 3.63) is 53.6 Å². The standard InChI is InChI=1S/C28H31NO4/c1-3-32-26-13-19(17-29-24-7-5-23(6-8-24)18(2)30)4-9-25(26)33-27(31)28-14-20-10-21(15-28)12-22(11-20)16-28/h4-9,13,17,20-22H,3,10-12,14-16H2,1-2H3. The van der Waals surface area contributed by atoms with Gasteiger partial charge < -0.3 is 9.47 Å². The van der Waals surface area contributed by atoms with Gasteiger partial charge in [0.2, 0.25) is 0 Å². The van der Waals surface area contributed by atoms with Crippen LogP contribution in [0, 0.1) is 23.2 Å². The summed E-state index contributed by atoms with van der Waals surface area (Å²) in [5.41, 5.74) is 1.97. The molecule has 4 aliphatic carbocycles. The van der Waals surface area contributed by atoms with Crippen LogP contribution in [0.1, 0.15) is 68.3 Å². The molecule has 0 spiro atoms. The number of nitrogens with zero attached hydrogens (tertiary/aromatic N) is 1. The summed E-state index contributed by atoms with van der Waals surface area (Å²) in [7, 11) is 0. The van der Waals surface area contributed by atoms with Crippen molar-refractivity contribution in [2.45, 2.75) is 52.4 Å². The third-order valence-electron chi connectivity index (χ3n) is 7.58. The molecule has 172 valence electrons. The summed E-state index contributed by atoms with van der Waals surface area (Å²) in [4.78, 5) is 29.3. The predicted octanol–water partition coefficient (Wildman–Crippen LogP) is 6.16. The zero-order valence-corrected chi connectivity index (χ0v) is 19.4. The number of esters is 1. The molecule has 6 rings (SSSR count). The van der Waals surface area contributed by atoms with Gasteiger partial charge in [-0.15, -0.1) is 0 Å². The minimum absolute atomic E-state index is 0.0329. The van der Waals surface area contributed by atoms with Crippen molar-refractivity contribution >= 4 is 23.7 Å². The van der Waals surface area contributed by atoms with E-state index in [1.165, 1.54) is 19.3 Å². The van der Waals surface area contributed by atoms with E-state index in [1.54, 1.807) is 25.3 Å². The minimum atomic E-state index is -0.301. The highest BCUT2D eigenvalue weighted by Crippen LogP contribution is 2.60. The fraction of sp³-hybridized carbons (Fsp3) is 0.464. The van der Waals surface area contributed by atoms with Gasteiger partial charge in [0.15, 0.2) is 17.3 Å². The molecule has 0 radical (unpaired) electrons. The molecule has 0 N–H and O–H groups in total. The van der Waals surface area contributed by atoms with Crippen LogP contribution in [0.5, 0.6) is 11.5 Å². The Kier molecular flexibility index (Phi) is 5.81. The molecular formula is C28H31NO4. The first kappa shape index (κ1) is 21.9. The molecule has 0 atom stereocenters. The zero-order valence-electron chi connectivity index (χ0n) is 19.4. The summed E-state index contributed by atoms with van der Waals surface area (Å²) in [6, 6.07) is 12.7. The maximum Gasteiger partial charge on any atom is 0.317 e. The van der Waals surface area contributed by atoms with Crippen molar-refractivity contribution in [1.82, 2.24) is 0 Å². The van der Waals surface area contributed by atoms with Crippen molar-refractivity contribution < 1.29 is 19.1 Å². The van der Waals surface area contributed by atoms with Crippen LogP contribution < -0.4 is 9.47 Å². The van der Waals surface area contributed by atoms with Crippen molar-refractivity contribution in [3.63, 3.8) is 0 Å². The van der Waals surface area contributed by atoms with Gasteiger partial charge in [-0.2, -0.15) is 0 Å². The molecule has 2 aromatic carbocycles. The van der Waals surface area contributed by atoms with Gasteiger partial charge in [0, 0.05) is 11.8 Å². The molecule has 4 fully saturated rings. The number of aliphatic imine (C=N–C) groups is 1. The van der Waals surface area contributed by atoms with Crippen LogP contribution in [-0.4, -0.2) is 24.6 Å². The van der Waals surface area contributed by atoms with Gasteiger partial charge in [-0.25, -0.2) is 0 Å². The molecule has 2 aromatic rings. The summed E-state index contributed by atoms with van der Waals surface area (Å²) in [5, 5.41) is 0. The molecule has 0 aromatic heterocycles. The van der Waals surface area contributed by atoms with E-state index in [0.29, 0.717) is 41.4 Å². The fourth-order valence-electron chi connectivity index (χ4n) is 6.46. The number of benzene rings is 2. The largest absolute Gasteiger partial charge is 0.490 e. The second-order valence-corrected chi connectivity index (χ2v) is 10.1. The van der Waals surface area contributed by atoms with Gasteiger partial charge in [-0.1, -0.05) is 0 Å². The first-order valence-electron chi connectivity index (χ1n) is 12.1. The smallest absolute Gasteiger partial charge is 0.317 e. The average molecular weight is 446 g/mol. The van der Waals surface area contributed by atoms with Crippen molar-refractivity contribution in [2.24, 2.45) is 28.2 Å². The lowest BCUT2D eigenvalue weighted by Gasteiger charge is -2.55. The van der Waals surface area contributed by atoms with Gasteiger partial charge in [-0.05, 0) is 118 Å². The molecule has 4 aliphatic rings. The van der Waals surface area contributed by atoms with E-state index in [2.05, 4.69) is 4.99 Å². The van der Waals surface area contributed by atoms with E-state index >= 15 is 0 Å². The highest BCUT2D eigenvalue weighted by Gasteiger charge is 2.55. The quantitative estimate of drug-likeness (QED) is 0.222. The number of hydrogen-bond acceptors (Lipinski definition) is 5. The Bertz CT molecular complexity index is 1050. The lowest BCUT2D eigenvalue weighted by molar-refractivity contribution is -0.161. The first-order valence-corrected chi connectivity index (χ1v) is 12.1. The summed E-state index contributed by atoms with van der Waals surface area (Å²) >= 11 is 0. The summed E-state index contributed by atoms with van der Waals surface area (Å²) in [6.07, 6.45) is 8.57. The number of hydrogen-bond donors (Lipinski definition) is 0. The van der Waals surface area contributed by atoms with E-state index in [9.17, 15) is 9.59 Å². The van der Waals surface area contributed by atoms with E-state index < -0.39 is 0 Å². The maximum atomic E-state index is 13.4. The van der Waals surface area contributed by atoms with E-state index in [-0.39, 0.29) is 17.2 Å². The normalized spacial score (nSPS) is 27.6. The van der Waals surface area contributed by atoms with Gasteiger partial charge in [0.25, 0.3) is 0 Å². The van der Waals surface area contributed by atoms with Crippen LogP contribution in [0.25, 0.3) is 0 Å². The highest BCUT2D eigenvalue weighted by molar-refractivity contribution is 5.94. The molecule has 0 amide bonds. The molecule has 4 saturated carbocycles. The second kappa shape index (κ2) is 8.77. The summed E-state index contributed by atoms with van der Waals surface area (Å²) in [6.45, 7) is 3.95. The van der Waals surface area contributed by atoms with Gasteiger partial charge in [0.1, 0.15) is 0 Å². The van der Waals surface area contributed by atoms with Crippen molar-refractivity contribution in [2.75, 3.05) is 6.61 Å². The Morgan fingerprint density at radius 2 is 1.61 bits per heavy atom. The van der Waals surface area contributed by atoms with Crippen LogP contribution >= 0.6 is 0 Å². The fourth-order valence-corrected chi connectivity index (χ4v) is 6.46. The molecule has 0 unspecified atom stereocenters. The number of ketones is 1. The van der Waals surface area contributed by atoms with Gasteiger partial charge >= 0.3 is 5.97 Å². The van der Waals surface area contributed by atoms with Gasteiger partial charge in [0.05, 0.1) is 17.7 Å². The number of ether oxygens (including phenoxy) is 2. The first-order chi connectivity index (χ1) is 15.9. The molecule has 33 heavy (non-hydrogen) atoms. The molecule has 5 heteroatoms. The number of rotatable bonds is 7. The second-order valence-electron chi connectivity index (χ2n) is 10.1. The maximum absolute atomic E-state index is 13.4. The van der Waals surface area contributed by atoms with E-state index in [1.807, 2.05) is 37.3 Å². The summed E-state index contributed by atoms with van der Waals surface area (Å²) < 4.78 is 11.8. The Balaban J connectivity index is 1.32. The third-order valence-corrected chi connectivity index (χ3v) is 7.58. The predicted molar refractivity (Wildman–Crippen MR) is 128 cm³/mol. The number of Topliss-reactive ketones (excluding diaryl/α,β-unsaturated/α-hetero) is 1. The van der Waals surface area contributed by atoms with Crippen LogP contribution in [0.3, 0.4) is 0 Å². The van der Waals surface area contributed by atoms with Crippen molar-refractivity contribution in [3.8, 4) is 11.5 Å². The molecule has 0 heterocycles. The molecule has 0 aliphatic heterocycles. The lowest BCUT2D eigenvalue weighted by atomic mass is 9.49. The highest BCUT2D eigenvalue weighted by atomic mass is 16.6. The van der Waals surface area contributed by atoms with Crippen LogP contribution in [-0.2, 0) is 4.79 Å². The lowest BCUT2D eigenvalue weighted by Crippen LogP contribution is -2.51. The van der Waals surface area contributed by atoms with Crippen LogP contribution in [0.2, 0.25) is 0 Å². The SMILES string of the molecule is CCOc1cc(C=Nc2ccc(C(C)=O)cc2)ccc1OC(=O)C12CC3CC(CC(C3)C1)C2. The average Bonchev–Trinajstić information content (AvgIpc) is 2.78. The van der Waals surface area contributed by atoms with Crippen LogP contribution in [0.15, 0.2) is 47.5 Å². The topological polar surface area (TPSA) is 65.0 Å². The molecule has 0 saturated heterocycles. The Morgan fingerprint density at radius 1 is 0.970 bits per heavy atom. The number of carbonyl (C=O) groups is 2. The van der Waals surface area contributed by atoms with E-state index in [4.69, 9.17) is 9.47 Å². The Hall–Kier alpha value is -2.95. The minimum Gasteiger partial charge on any atom is -0.490 e. The van der Waals surface area contributed by atoms with E-state index in [0.717, 1.165) is 30.5 Å². The molecule has 5 nitrogen and oxygen atoms in total. The van der Waals surface area contributed by atoms with Crippen LogP contribution in [0.4, 0.5) is 5.69 Å². The van der Waals surface area contributed by atoms with Crippen molar-refractivity contribution in [1.29, 1.82) is 0 Å². The Morgan fingerprint density at radius 3 is 2.18 bits per heavy atom. The Labute approximate surface area is 195 Å². The summed E-state index contributed by atoms with van der Waals surface area (Å²) in [5.74, 6) is 3.09.